The Morgan fingerprint density at radius 3 is 3.14 bits per heavy atom. The van der Waals surface area contributed by atoms with Crippen LogP contribution in [0.3, 0.4) is 0 Å². The minimum absolute atomic E-state index is 0.131. The lowest BCUT2D eigenvalue weighted by atomic mass is 10.4. The van der Waals surface area contributed by atoms with Crippen LogP contribution in [0.1, 0.15) is 6.92 Å². The number of amides is 1. The van der Waals surface area contributed by atoms with Crippen LogP contribution in [-0.4, -0.2) is 20.5 Å². The first-order valence-electron chi connectivity index (χ1n) is 3.93. The number of rotatable bonds is 1. The van der Waals surface area contributed by atoms with Crippen molar-refractivity contribution >= 4 is 33.2 Å². The third-order valence-electron chi connectivity index (χ3n) is 1.67. The van der Waals surface area contributed by atoms with Crippen LogP contribution < -0.4 is 5.32 Å². The summed E-state index contributed by atoms with van der Waals surface area (Å²) in [6.07, 6.45) is 3.39. The van der Waals surface area contributed by atoms with Crippen molar-refractivity contribution in [3.05, 3.63) is 23.1 Å². The van der Waals surface area contributed by atoms with Crippen LogP contribution in [0.25, 0.3) is 5.65 Å². The predicted molar refractivity (Wildman–Crippen MR) is 55.0 cm³/mol. The van der Waals surface area contributed by atoms with Crippen molar-refractivity contribution in [2.24, 2.45) is 0 Å². The van der Waals surface area contributed by atoms with Gasteiger partial charge in [0.15, 0.2) is 5.65 Å². The van der Waals surface area contributed by atoms with E-state index >= 15 is 0 Å². The molecule has 0 fully saturated rings. The standard InChI is InChI=1S/C8H7BrN4O/c1-5(14)11-7-2-6(9)3-13-4-10-12-8(7)13/h2-4H,1H3,(H,11,14). The molecule has 72 valence electrons. The minimum atomic E-state index is -0.131. The minimum Gasteiger partial charge on any atom is -0.323 e. The molecule has 0 aliphatic rings. The SMILES string of the molecule is CC(=O)Nc1cc(Br)cn2cnnc12. The van der Waals surface area contributed by atoms with E-state index in [1.54, 1.807) is 16.8 Å². The van der Waals surface area contributed by atoms with Crippen LogP contribution in [-0.2, 0) is 4.79 Å². The Bertz CT molecular complexity index is 493. The van der Waals surface area contributed by atoms with Gasteiger partial charge in [0.2, 0.25) is 5.91 Å². The van der Waals surface area contributed by atoms with Gasteiger partial charge in [-0.3, -0.25) is 9.20 Å². The molecule has 1 N–H and O–H groups in total. The summed E-state index contributed by atoms with van der Waals surface area (Å²) in [6, 6.07) is 1.78. The number of nitrogens with one attached hydrogen (secondary N) is 1. The van der Waals surface area contributed by atoms with Gasteiger partial charge in [0.25, 0.3) is 0 Å². The topological polar surface area (TPSA) is 59.3 Å². The highest BCUT2D eigenvalue weighted by Gasteiger charge is 2.06. The second-order valence-corrected chi connectivity index (χ2v) is 3.73. The lowest BCUT2D eigenvalue weighted by Crippen LogP contribution is -2.07. The molecule has 2 heterocycles. The van der Waals surface area contributed by atoms with Crippen molar-refractivity contribution < 1.29 is 4.79 Å². The van der Waals surface area contributed by atoms with Crippen molar-refractivity contribution in [2.75, 3.05) is 5.32 Å². The van der Waals surface area contributed by atoms with Gasteiger partial charge in [0.1, 0.15) is 6.33 Å². The van der Waals surface area contributed by atoms with Crippen molar-refractivity contribution in [1.29, 1.82) is 0 Å². The van der Waals surface area contributed by atoms with Crippen LogP contribution in [0.4, 0.5) is 5.69 Å². The van der Waals surface area contributed by atoms with Gasteiger partial charge in [0.05, 0.1) is 5.69 Å². The molecule has 0 aliphatic carbocycles. The van der Waals surface area contributed by atoms with Gasteiger partial charge in [-0.2, -0.15) is 0 Å². The van der Waals surface area contributed by atoms with E-state index in [0.29, 0.717) is 11.3 Å². The lowest BCUT2D eigenvalue weighted by molar-refractivity contribution is -0.114. The Labute approximate surface area is 88.3 Å². The molecule has 6 heteroatoms. The number of anilines is 1. The number of pyridine rings is 1. The largest absolute Gasteiger partial charge is 0.323 e. The van der Waals surface area contributed by atoms with Gasteiger partial charge in [-0.1, -0.05) is 0 Å². The summed E-state index contributed by atoms with van der Waals surface area (Å²) in [7, 11) is 0. The molecular formula is C8H7BrN4O. The normalized spacial score (nSPS) is 10.4. The highest BCUT2D eigenvalue weighted by atomic mass is 79.9. The number of carbonyl (C=O) groups is 1. The number of nitrogens with zero attached hydrogens (tertiary/aromatic N) is 3. The fourth-order valence-electron chi connectivity index (χ4n) is 1.18. The van der Waals surface area contributed by atoms with E-state index in [2.05, 4.69) is 31.4 Å². The Hall–Kier alpha value is -1.43. The zero-order chi connectivity index (χ0) is 10.1. The number of halogens is 1. The highest BCUT2D eigenvalue weighted by molar-refractivity contribution is 9.10. The van der Waals surface area contributed by atoms with E-state index in [1.807, 2.05) is 6.20 Å². The van der Waals surface area contributed by atoms with Crippen LogP contribution >= 0.6 is 15.9 Å². The zero-order valence-electron chi connectivity index (χ0n) is 7.36. The number of aromatic nitrogens is 3. The number of fused-ring (bicyclic) bond motifs is 1. The maximum Gasteiger partial charge on any atom is 0.221 e. The van der Waals surface area contributed by atoms with E-state index in [1.165, 1.54) is 6.92 Å². The van der Waals surface area contributed by atoms with Gasteiger partial charge in [0, 0.05) is 17.6 Å². The predicted octanol–water partition coefficient (Wildman–Crippen LogP) is 1.45. The second-order valence-electron chi connectivity index (χ2n) is 2.81. The molecule has 0 aliphatic heterocycles. The molecule has 5 nitrogen and oxygen atoms in total. The Kier molecular flexibility index (Phi) is 2.20. The molecule has 0 unspecified atom stereocenters. The molecule has 2 aromatic heterocycles. The summed E-state index contributed by atoms with van der Waals surface area (Å²) in [5.74, 6) is -0.131. The van der Waals surface area contributed by atoms with E-state index in [9.17, 15) is 4.79 Å². The van der Waals surface area contributed by atoms with Crippen LogP contribution in [0, 0.1) is 0 Å². The maximum absolute atomic E-state index is 10.9. The fraction of sp³-hybridized carbons (Fsp3) is 0.125. The van der Waals surface area contributed by atoms with E-state index in [-0.39, 0.29) is 5.91 Å². The average Bonchev–Trinajstić information content (AvgIpc) is 2.50. The van der Waals surface area contributed by atoms with E-state index < -0.39 is 0 Å². The van der Waals surface area contributed by atoms with Crippen molar-refractivity contribution in [3.63, 3.8) is 0 Å². The Balaban J connectivity index is 2.60. The molecule has 0 saturated carbocycles. The molecule has 14 heavy (non-hydrogen) atoms. The number of hydrogen-bond acceptors (Lipinski definition) is 3. The van der Waals surface area contributed by atoms with Gasteiger partial charge in [-0.05, 0) is 22.0 Å². The van der Waals surface area contributed by atoms with Gasteiger partial charge in [-0.15, -0.1) is 10.2 Å². The third-order valence-corrected chi connectivity index (χ3v) is 2.10. The molecule has 0 saturated heterocycles. The van der Waals surface area contributed by atoms with Crippen molar-refractivity contribution in [2.45, 2.75) is 6.92 Å². The van der Waals surface area contributed by atoms with Gasteiger partial charge < -0.3 is 5.32 Å². The molecule has 2 rings (SSSR count). The Morgan fingerprint density at radius 2 is 2.43 bits per heavy atom. The monoisotopic (exact) mass is 254 g/mol. The zero-order valence-corrected chi connectivity index (χ0v) is 8.95. The first-order valence-corrected chi connectivity index (χ1v) is 4.72. The molecule has 1 amide bonds. The van der Waals surface area contributed by atoms with Crippen LogP contribution in [0.5, 0.6) is 0 Å². The molecule has 0 spiro atoms. The van der Waals surface area contributed by atoms with E-state index in [0.717, 1.165) is 4.47 Å². The summed E-state index contributed by atoms with van der Waals surface area (Å²) in [5, 5.41) is 10.3. The summed E-state index contributed by atoms with van der Waals surface area (Å²) >= 11 is 3.33. The van der Waals surface area contributed by atoms with Crippen LogP contribution in [0.15, 0.2) is 23.1 Å². The summed E-state index contributed by atoms with van der Waals surface area (Å²) in [6.45, 7) is 1.45. The maximum atomic E-state index is 10.9. The average molecular weight is 255 g/mol. The lowest BCUT2D eigenvalue weighted by Gasteiger charge is -2.03. The first-order chi connectivity index (χ1) is 6.66. The molecule has 0 aromatic carbocycles. The second kappa shape index (κ2) is 3.38. The van der Waals surface area contributed by atoms with Gasteiger partial charge in [-0.25, -0.2) is 0 Å². The molecule has 0 atom stereocenters. The van der Waals surface area contributed by atoms with Gasteiger partial charge >= 0.3 is 0 Å². The highest BCUT2D eigenvalue weighted by Crippen LogP contribution is 2.20. The van der Waals surface area contributed by atoms with Crippen molar-refractivity contribution in [3.8, 4) is 0 Å². The van der Waals surface area contributed by atoms with E-state index in [4.69, 9.17) is 0 Å². The summed E-state index contributed by atoms with van der Waals surface area (Å²) < 4.78 is 2.59. The summed E-state index contributed by atoms with van der Waals surface area (Å²) in [4.78, 5) is 10.9. The van der Waals surface area contributed by atoms with Crippen molar-refractivity contribution in [1.82, 2.24) is 14.6 Å². The fourth-order valence-corrected chi connectivity index (χ4v) is 1.63. The third kappa shape index (κ3) is 1.60. The Morgan fingerprint density at radius 1 is 1.64 bits per heavy atom. The quantitative estimate of drug-likeness (QED) is 0.838. The molecule has 0 bridgehead atoms. The molecule has 2 aromatic rings. The number of carbonyl (C=O) groups excluding carboxylic acids is 1. The van der Waals surface area contributed by atoms with Crippen LogP contribution in [0.2, 0.25) is 0 Å². The smallest absolute Gasteiger partial charge is 0.221 e. The molecule has 0 radical (unpaired) electrons. The molecular weight excluding hydrogens is 248 g/mol. The first kappa shape index (κ1) is 9.14. The summed E-state index contributed by atoms with van der Waals surface area (Å²) in [5.41, 5.74) is 1.27. The number of hydrogen-bond donors (Lipinski definition) is 1.